The fraction of sp³-hybridized carbons (Fsp3) is 0.667. The molecule has 1 aliphatic carbocycles. The van der Waals surface area contributed by atoms with E-state index in [1.807, 2.05) is 0 Å². The molecule has 0 aromatic carbocycles. The van der Waals surface area contributed by atoms with Crippen molar-refractivity contribution in [2.45, 2.75) is 51.0 Å². The molecular formula is C12H19N5O2. The van der Waals surface area contributed by atoms with E-state index in [-0.39, 0.29) is 23.5 Å². The van der Waals surface area contributed by atoms with Crippen LogP contribution in [-0.4, -0.2) is 20.9 Å². The Labute approximate surface area is 111 Å². The number of aromatic nitrogens is 2. The molecule has 19 heavy (non-hydrogen) atoms. The monoisotopic (exact) mass is 265 g/mol. The third-order valence-electron chi connectivity index (χ3n) is 3.43. The molecule has 0 radical (unpaired) electrons. The van der Waals surface area contributed by atoms with E-state index < -0.39 is 4.92 Å². The lowest BCUT2D eigenvalue weighted by Crippen LogP contribution is -2.22. The Morgan fingerprint density at radius 1 is 1.26 bits per heavy atom. The van der Waals surface area contributed by atoms with Crippen molar-refractivity contribution in [1.82, 2.24) is 9.97 Å². The van der Waals surface area contributed by atoms with Crippen molar-refractivity contribution in [3.8, 4) is 0 Å². The minimum atomic E-state index is -0.481. The molecule has 7 heteroatoms. The Bertz CT molecular complexity index is 444. The SMILES string of the molecule is Nc1ncc([N+](=O)[O-])c(NC2CCCCCCC2)n1. The Kier molecular flexibility index (Phi) is 4.48. The fourth-order valence-electron chi connectivity index (χ4n) is 2.42. The Balaban J connectivity index is 2.11. The van der Waals surface area contributed by atoms with Crippen molar-refractivity contribution >= 4 is 17.5 Å². The second-order valence-electron chi connectivity index (χ2n) is 4.91. The molecule has 3 N–H and O–H groups in total. The van der Waals surface area contributed by atoms with Gasteiger partial charge in [0.1, 0.15) is 6.20 Å². The van der Waals surface area contributed by atoms with Crippen LogP contribution in [0.2, 0.25) is 0 Å². The van der Waals surface area contributed by atoms with Gasteiger partial charge in [0.25, 0.3) is 0 Å². The van der Waals surface area contributed by atoms with Gasteiger partial charge in [-0.15, -0.1) is 0 Å². The van der Waals surface area contributed by atoms with E-state index in [0.717, 1.165) is 31.9 Å². The van der Waals surface area contributed by atoms with Crippen LogP contribution in [0.25, 0.3) is 0 Å². The summed E-state index contributed by atoms with van der Waals surface area (Å²) < 4.78 is 0. The number of nitro groups is 1. The van der Waals surface area contributed by atoms with Crippen LogP contribution in [-0.2, 0) is 0 Å². The molecule has 1 aliphatic rings. The van der Waals surface area contributed by atoms with Gasteiger partial charge in [-0.2, -0.15) is 4.98 Å². The topological polar surface area (TPSA) is 107 Å². The first kappa shape index (κ1) is 13.5. The van der Waals surface area contributed by atoms with Crippen molar-refractivity contribution in [2.75, 3.05) is 11.1 Å². The number of nitrogen functional groups attached to an aromatic ring is 1. The summed E-state index contributed by atoms with van der Waals surface area (Å²) in [5.41, 5.74) is 5.39. The van der Waals surface area contributed by atoms with Crippen LogP contribution in [0, 0.1) is 10.1 Å². The second kappa shape index (κ2) is 6.31. The normalized spacial score (nSPS) is 17.5. The van der Waals surface area contributed by atoms with E-state index in [1.54, 1.807) is 0 Å². The average Bonchev–Trinajstić information content (AvgIpc) is 2.32. The highest BCUT2D eigenvalue weighted by atomic mass is 16.6. The van der Waals surface area contributed by atoms with Gasteiger partial charge in [0.15, 0.2) is 0 Å². The summed E-state index contributed by atoms with van der Waals surface area (Å²) in [7, 11) is 0. The zero-order valence-corrected chi connectivity index (χ0v) is 10.8. The molecule has 2 rings (SSSR count). The molecule has 0 aliphatic heterocycles. The van der Waals surface area contributed by atoms with Gasteiger partial charge < -0.3 is 11.1 Å². The van der Waals surface area contributed by atoms with Gasteiger partial charge in [-0.3, -0.25) is 10.1 Å². The van der Waals surface area contributed by atoms with Gasteiger partial charge >= 0.3 is 5.69 Å². The molecule has 1 saturated carbocycles. The van der Waals surface area contributed by atoms with E-state index in [1.165, 1.54) is 19.3 Å². The molecule has 0 saturated heterocycles. The Hall–Kier alpha value is -1.92. The van der Waals surface area contributed by atoms with Crippen LogP contribution in [0.4, 0.5) is 17.5 Å². The summed E-state index contributed by atoms with van der Waals surface area (Å²) in [6, 6.07) is 0.230. The summed E-state index contributed by atoms with van der Waals surface area (Å²) in [5, 5.41) is 14.1. The predicted octanol–water partition coefficient (Wildman–Crippen LogP) is 2.49. The van der Waals surface area contributed by atoms with Gasteiger partial charge in [-0.1, -0.05) is 32.1 Å². The van der Waals surface area contributed by atoms with E-state index in [0.29, 0.717) is 0 Å². The highest BCUT2D eigenvalue weighted by molar-refractivity contribution is 5.56. The number of hydrogen-bond donors (Lipinski definition) is 2. The van der Waals surface area contributed by atoms with Gasteiger partial charge in [0.05, 0.1) is 4.92 Å². The van der Waals surface area contributed by atoms with Gasteiger partial charge in [-0.25, -0.2) is 4.98 Å². The van der Waals surface area contributed by atoms with Crippen LogP contribution in [0.5, 0.6) is 0 Å². The molecule has 0 atom stereocenters. The largest absolute Gasteiger partial charge is 0.368 e. The fourth-order valence-corrected chi connectivity index (χ4v) is 2.42. The lowest BCUT2D eigenvalue weighted by atomic mass is 9.97. The smallest absolute Gasteiger partial charge is 0.329 e. The van der Waals surface area contributed by atoms with Crippen molar-refractivity contribution in [3.63, 3.8) is 0 Å². The number of hydrogen-bond acceptors (Lipinski definition) is 6. The van der Waals surface area contributed by atoms with Crippen molar-refractivity contribution in [3.05, 3.63) is 16.3 Å². The maximum absolute atomic E-state index is 10.9. The van der Waals surface area contributed by atoms with E-state index in [2.05, 4.69) is 15.3 Å². The van der Waals surface area contributed by atoms with E-state index in [9.17, 15) is 10.1 Å². The maximum Gasteiger partial charge on any atom is 0.329 e. The summed E-state index contributed by atoms with van der Waals surface area (Å²) >= 11 is 0. The molecule has 1 aromatic heterocycles. The zero-order chi connectivity index (χ0) is 13.7. The highest BCUT2D eigenvalue weighted by Crippen LogP contribution is 2.25. The first-order chi connectivity index (χ1) is 9.16. The van der Waals surface area contributed by atoms with Gasteiger partial charge in [0, 0.05) is 6.04 Å². The molecular weight excluding hydrogens is 246 g/mol. The molecule has 0 spiro atoms. The van der Waals surface area contributed by atoms with Gasteiger partial charge in [0.2, 0.25) is 11.8 Å². The minimum Gasteiger partial charge on any atom is -0.368 e. The van der Waals surface area contributed by atoms with E-state index in [4.69, 9.17) is 5.73 Å². The highest BCUT2D eigenvalue weighted by Gasteiger charge is 2.20. The number of rotatable bonds is 3. The summed E-state index contributed by atoms with van der Waals surface area (Å²) in [5.74, 6) is 0.294. The van der Waals surface area contributed by atoms with Crippen LogP contribution in [0.3, 0.4) is 0 Å². The molecule has 7 nitrogen and oxygen atoms in total. The van der Waals surface area contributed by atoms with Crippen molar-refractivity contribution in [2.24, 2.45) is 0 Å². The molecule has 104 valence electrons. The van der Waals surface area contributed by atoms with E-state index >= 15 is 0 Å². The summed E-state index contributed by atoms with van der Waals surface area (Å²) in [4.78, 5) is 18.1. The molecule has 0 unspecified atom stereocenters. The van der Waals surface area contributed by atoms with Gasteiger partial charge in [-0.05, 0) is 12.8 Å². The molecule has 1 heterocycles. The first-order valence-electron chi connectivity index (χ1n) is 6.70. The first-order valence-corrected chi connectivity index (χ1v) is 6.70. The summed E-state index contributed by atoms with van der Waals surface area (Å²) in [6.45, 7) is 0. The maximum atomic E-state index is 10.9. The Morgan fingerprint density at radius 3 is 2.53 bits per heavy atom. The number of nitrogens with zero attached hydrogens (tertiary/aromatic N) is 3. The zero-order valence-electron chi connectivity index (χ0n) is 10.8. The van der Waals surface area contributed by atoms with Crippen LogP contribution < -0.4 is 11.1 Å². The average molecular weight is 265 g/mol. The standard InChI is InChI=1S/C12H19N5O2/c13-12-14-8-10(17(18)19)11(16-12)15-9-6-4-2-1-3-5-7-9/h8-9H,1-7H2,(H3,13,14,15,16). The van der Waals surface area contributed by atoms with Crippen LogP contribution >= 0.6 is 0 Å². The molecule has 0 bridgehead atoms. The predicted molar refractivity (Wildman–Crippen MR) is 72.8 cm³/mol. The lowest BCUT2D eigenvalue weighted by Gasteiger charge is -2.21. The summed E-state index contributed by atoms with van der Waals surface area (Å²) in [6.07, 6.45) is 9.22. The number of nitrogens with one attached hydrogen (secondary N) is 1. The van der Waals surface area contributed by atoms with Crippen molar-refractivity contribution in [1.29, 1.82) is 0 Å². The molecule has 1 fully saturated rings. The minimum absolute atomic E-state index is 0.0546. The second-order valence-corrected chi connectivity index (χ2v) is 4.91. The third kappa shape index (κ3) is 3.77. The lowest BCUT2D eigenvalue weighted by molar-refractivity contribution is -0.384. The third-order valence-corrected chi connectivity index (χ3v) is 3.43. The van der Waals surface area contributed by atoms with Crippen molar-refractivity contribution < 1.29 is 4.92 Å². The molecule has 0 amide bonds. The van der Waals surface area contributed by atoms with Crippen LogP contribution in [0.15, 0.2) is 6.20 Å². The molecule has 1 aromatic rings. The van der Waals surface area contributed by atoms with Crippen LogP contribution in [0.1, 0.15) is 44.9 Å². The Morgan fingerprint density at radius 2 is 1.89 bits per heavy atom. The number of nitrogens with two attached hydrogens (primary N) is 1. The quantitative estimate of drug-likeness (QED) is 0.642. The number of anilines is 2.